The van der Waals surface area contributed by atoms with Gasteiger partial charge in [0.15, 0.2) is 0 Å². The zero-order valence-corrected chi connectivity index (χ0v) is 11.5. The molecule has 0 aliphatic rings. The molecule has 0 bridgehead atoms. The Kier molecular flexibility index (Phi) is 4.29. The minimum Gasteiger partial charge on any atom is -0.465 e. The Morgan fingerprint density at radius 2 is 2.11 bits per heavy atom. The van der Waals surface area contributed by atoms with Crippen LogP contribution in [-0.4, -0.2) is 42.4 Å². The highest BCUT2D eigenvalue weighted by Gasteiger charge is 2.18. The van der Waals surface area contributed by atoms with Crippen molar-refractivity contribution in [2.45, 2.75) is 26.4 Å². The molecule has 1 rings (SSSR count). The lowest BCUT2D eigenvalue weighted by Gasteiger charge is -2.26. The van der Waals surface area contributed by atoms with E-state index in [4.69, 9.17) is 0 Å². The molecule has 1 aromatic heterocycles. The van der Waals surface area contributed by atoms with E-state index in [1.165, 1.54) is 7.11 Å². The van der Waals surface area contributed by atoms with Gasteiger partial charge in [0.2, 0.25) is 0 Å². The summed E-state index contributed by atoms with van der Waals surface area (Å²) >= 11 is 0. The Hall–Kier alpha value is -1.62. The highest BCUT2D eigenvalue weighted by atomic mass is 16.5. The molecule has 0 unspecified atom stereocenters. The molecular formula is C13H20N2O3. The van der Waals surface area contributed by atoms with Crippen molar-refractivity contribution in [1.82, 2.24) is 4.98 Å². The Morgan fingerprint density at radius 3 is 2.56 bits per heavy atom. The molecule has 1 N–H and O–H groups in total. The molecule has 5 nitrogen and oxygen atoms in total. The Labute approximate surface area is 107 Å². The summed E-state index contributed by atoms with van der Waals surface area (Å²) < 4.78 is 4.67. The largest absolute Gasteiger partial charge is 0.465 e. The van der Waals surface area contributed by atoms with Gasteiger partial charge in [0.25, 0.3) is 0 Å². The van der Waals surface area contributed by atoms with Crippen molar-refractivity contribution in [1.29, 1.82) is 0 Å². The summed E-state index contributed by atoms with van der Waals surface area (Å²) in [4.78, 5) is 17.6. The van der Waals surface area contributed by atoms with E-state index in [0.717, 1.165) is 0 Å². The number of rotatable bonds is 4. The van der Waals surface area contributed by atoms with Crippen LogP contribution in [0.25, 0.3) is 0 Å². The zero-order chi connectivity index (χ0) is 13.9. The van der Waals surface area contributed by atoms with Gasteiger partial charge in [0.05, 0.1) is 24.0 Å². The lowest BCUT2D eigenvalue weighted by Crippen LogP contribution is -2.36. The van der Waals surface area contributed by atoms with Crippen LogP contribution in [0.3, 0.4) is 0 Å². The molecule has 0 fully saturated rings. The molecule has 5 heteroatoms. The molecule has 0 saturated heterocycles. The second kappa shape index (κ2) is 5.35. The van der Waals surface area contributed by atoms with Gasteiger partial charge in [0, 0.05) is 13.6 Å². The van der Waals surface area contributed by atoms with E-state index >= 15 is 0 Å². The number of methoxy groups -OCH3 is 1. The number of hydrogen-bond donors (Lipinski definition) is 1. The summed E-state index contributed by atoms with van der Waals surface area (Å²) in [6, 6.07) is 3.43. The maximum absolute atomic E-state index is 11.4. The average molecular weight is 252 g/mol. The number of esters is 1. The average Bonchev–Trinajstić information content (AvgIpc) is 2.25. The van der Waals surface area contributed by atoms with Crippen molar-refractivity contribution in [3.63, 3.8) is 0 Å². The third-order valence-electron chi connectivity index (χ3n) is 2.49. The third kappa shape index (κ3) is 3.70. The quantitative estimate of drug-likeness (QED) is 0.820. The fraction of sp³-hybridized carbons (Fsp3) is 0.538. The number of anilines is 1. The molecule has 100 valence electrons. The van der Waals surface area contributed by atoms with Gasteiger partial charge in [-0.3, -0.25) is 0 Å². The molecule has 1 heterocycles. The number of hydrogen-bond acceptors (Lipinski definition) is 5. The maximum Gasteiger partial charge on any atom is 0.339 e. The number of likely N-dealkylation sites (N-methyl/N-ethyl adjacent to an activating group) is 1. The van der Waals surface area contributed by atoms with Gasteiger partial charge in [-0.15, -0.1) is 0 Å². The molecular weight excluding hydrogens is 232 g/mol. The van der Waals surface area contributed by atoms with E-state index in [1.54, 1.807) is 32.9 Å². The topological polar surface area (TPSA) is 62.7 Å². The minimum atomic E-state index is -0.800. The van der Waals surface area contributed by atoms with Crippen molar-refractivity contribution in [2.24, 2.45) is 0 Å². The Bertz CT molecular complexity index is 438. The summed E-state index contributed by atoms with van der Waals surface area (Å²) in [6.45, 7) is 5.68. The number of carbonyl (C=O) groups excluding carboxylic acids is 1. The number of ether oxygens (including phenoxy) is 1. The van der Waals surface area contributed by atoms with Gasteiger partial charge < -0.3 is 14.7 Å². The van der Waals surface area contributed by atoms with Crippen LogP contribution in [0.15, 0.2) is 12.1 Å². The highest BCUT2D eigenvalue weighted by molar-refractivity contribution is 5.90. The predicted octanol–water partition coefficient (Wildman–Crippen LogP) is 1.38. The fourth-order valence-corrected chi connectivity index (χ4v) is 1.75. The second-order valence-corrected chi connectivity index (χ2v) is 4.96. The van der Waals surface area contributed by atoms with Crippen molar-refractivity contribution >= 4 is 11.8 Å². The van der Waals surface area contributed by atoms with Gasteiger partial charge in [-0.05, 0) is 32.9 Å². The van der Waals surface area contributed by atoms with Crippen molar-refractivity contribution in [3.8, 4) is 0 Å². The van der Waals surface area contributed by atoms with Gasteiger partial charge in [-0.25, -0.2) is 9.78 Å². The van der Waals surface area contributed by atoms with Crippen molar-refractivity contribution in [3.05, 3.63) is 23.4 Å². The summed E-state index contributed by atoms with van der Waals surface area (Å²) in [5, 5.41) is 9.76. The van der Waals surface area contributed by atoms with Crippen LogP contribution >= 0.6 is 0 Å². The first-order chi connectivity index (χ1) is 8.24. The molecule has 0 aliphatic carbocycles. The van der Waals surface area contributed by atoms with Gasteiger partial charge >= 0.3 is 5.97 Å². The van der Waals surface area contributed by atoms with Gasteiger partial charge in [0.1, 0.15) is 5.82 Å². The van der Waals surface area contributed by atoms with Crippen LogP contribution in [0, 0.1) is 6.92 Å². The predicted molar refractivity (Wildman–Crippen MR) is 69.9 cm³/mol. The van der Waals surface area contributed by atoms with Crippen LogP contribution < -0.4 is 4.90 Å². The highest BCUT2D eigenvalue weighted by Crippen LogP contribution is 2.16. The summed E-state index contributed by atoms with van der Waals surface area (Å²) in [5.41, 5.74) is 0.269. The normalized spacial score (nSPS) is 11.2. The molecule has 0 amide bonds. The number of aliphatic hydroxyl groups is 1. The first kappa shape index (κ1) is 14.4. The minimum absolute atomic E-state index is 0.392. The Balaban J connectivity index is 2.94. The van der Waals surface area contributed by atoms with Crippen LogP contribution in [0.5, 0.6) is 0 Å². The monoisotopic (exact) mass is 252 g/mol. The third-order valence-corrected chi connectivity index (χ3v) is 2.49. The second-order valence-electron chi connectivity index (χ2n) is 4.96. The number of pyridine rings is 1. The van der Waals surface area contributed by atoms with E-state index < -0.39 is 11.6 Å². The molecule has 18 heavy (non-hydrogen) atoms. The summed E-state index contributed by atoms with van der Waals surface area (Å²) in [7, 11) is 3.19. The van der Waals surface area contributed by atoms with Crippen molar-refractivity contribution < 1.29 is 14.6 Å². The first-order valence-electron chi connectivity index (χ1n) is 5.74. The first-order valence-corrected chi connectivity index (χ1v) is 5.74. The maximum atomic E-state index is 11.4. The Morgan fingerprint density at radius 1 is 1.50 bits per heavy atom. The van der Waals surface area contributed by atoms with E-state index in [1.807, 2.05) is 11.9 Å². The molecule has 1 aromatic rings. The summed E-state index contributed by atoms with van der Waals surface area (Å²) in [6.07, 6.45) is 0. The fourth-order valence-electron chi connectivity index (χ4n) is 1.75. The molecule has 0 spiro atoms. The number of nitrogens with zero attached hydrogens (tertiary/aromatic N) is 2. The molecule has 0 saturated carbocycles. The van der Waals surface area contributed by atoms with Crippen molar-refractivity contribution in [2.75, 3.05) is 25.6 Å². The molecule has 0 aromatic carbocycles. The molecule has 0 atom stereocenters. The van der Waals surface area contributed by atoms with Crippen LogP contribution in [0.2, 0.25) is 0 Å². The summed E-state index contributed by atoms with van der Waals surface area (Å²) in [5.74, 6) is 0.318. The SMILES string of the molecule is COC(=O)c1ccc(N(C)CC(C)(C)O)nc1C. The zero-order valence-electron chi connectivity index (χ0n) is 11.5. The van der Waals surface area contributed by atoms with E-state index in [2.05, 4.69) is 9.72 Å². The van der Waals surface area contributed by atoms with Crippen LogP contribution in [0.4, 0.5) is 5.82 Å². The van der Waals surface area contributed by atoms with Crippen LogP contribution in [0.1, 0.15) is 29.9 Å². The smallest absolute Gasteiger partial charge is 0.339 e. The van der Waals surface area contributed by atoms with E-state index in [-0.39, 0.29) is 0 Å². The number of aryl methyl sites for hydroxylation is 1. The van der Waals surface area contributed by atoms with Gasteiger partial charge in [-0.2, -0.15) is 0 Å². The standard InChI is InChI=1S/C13H20N2O3/c1-9-10(12(16)18-5)6-7-11(14-9)15(4)8-13(2,3)17/h6-7,17H,8H2,1-5H3. The van der Waals surface area contributed by atoms with E-state index in [0.29, 0.717) is 23.6 Å². The van der Waals surface area contributed by atoms with Gasteiger partial charge in [-0.1, -0.05) is 0 Å². The molecule has 0 aliphatic heterocycles. The lowest BCUT2D eigenvalue weighted by atomic mass is 10.1. The number of carbonyl (C=O) groups is 1. The molecule has 0 radical (unpaired) electrons. The van der Waals surface area contributed by atoms with Crippen LogP contribution in [-0.2, 0) is 4.74 Å². The van der Waals surface area contributed by atoms with E-state index in [9.17, 15) is 9.90 Å². The lowest BCUT2D eigenvalue weighted by molar-refractivity contribution is 0.0599. The number of aromatic nitrogens is 1.